The summed E-state index contributed by atoms with van der Waals surface area (Å²) in [7, 11) is 0. The number of benzene rings is 1. The Balaban J connectivity index is 2.69. The number of hydrogen-bond acceptors (Lipinski definition) is 4. The summed E-state index contributed by atoms with van der Waals surface area (Å²) >= 11 is 7.42. The monoisotopic (exact) mass is 287 g/mol. The first kappa shape index (κ1) is 15.2. The third-order valence-electron chi connectivity index (χ3n) is 2.00. The van der Waals surface area contributed by atoms with Crippen LogP contribution in [0.1, 0.15) is 27.7 Å². The fourth-order valence-corrected chi connectivity index (χ4v) is 2.40. The number of carbonyl (C=O) groups is 1. The van der Waals surface area contributed by atoms with Gasteiger partial charge >= 0.3 is 5.97 Å². The van der Waals surface area contributed by atoms with Gasteiger partial charge in [0, 0.05) is 10.6 Å². The highest BCUT2D eigenvalue weighted by atomic mass is 35.5. The van der Waals surface area contributed by atoms with Gasteiger partial charge in [-0.1, -0.05) is 11.6 Å². The molecule has 0 aliphatic heterocycles. The second-order valence-corrected chi connectivity index (χ2v) is 6.77. The van der Waals surface area contributed by atoms with Crippen LogP contribution in [0.15, 0.2) is 23.1 Å². The molecule has 1 aromatic rings. The van der Waals surface area contributed by atoms with E-state index in [2.05, 4.69) is 0 Å². The van der Waals surface area contributed by atoms with Crippen molar-refractivity contribution in [3.63, 3.8) is 0 Å². The van der Waals surface area contributed by atoms with E-state index >= 15 is 0 Å². The number of halogens is 1. The fourth-order valence-electron chi connectivity index (χ4n) is 1.24. The Morgan fingerprint density at radius 3 is 2.56 bits per heavy atom. The average molecular weight is 288 g/mol. The van der Waals surface area contributed by atoms with Crippen molar-refractivity contribution in [2.45, 2.75) is 43.4 Å². The van der Waals surface area contributed by atoms with Gasteiger partial charge in [-0.2, -0.15) is 0 Å². The molecule has 0 fully saturated rings. The Kier molecular flexibility index (Phi) is 4.93. The minimum atomic E-state index is -0.475. The summed E-state index contributed by atoms with van der Waals surface area (Å²) in [5.74, 6) is -0.250. The van der Waals surface area contributed by atoms with E-state index in [0.717, 1.165) is 4.90 Å². The normalized spacial score (nSPS) is 13.2. The van der Waals surface area contributed by atoms with Crippen molar-refractivity contribution in [2.75, 3.05) is 5.73 Å². The first-order valence-corrected chi connectivity index (χ1v) is 6.89. The van der Waals surface area contributed by atoms with Crippen LogP contribution < -0.4 is 5.73 Å². The molecule has 0 saturated carbocycles. The first-order chi connectivity index (χ1) is 8.19. The smallest absolute Gasteiger partial charge is 0.319 e. The van der Waals surface area contributed by atoms with Crippen molar-refractivity contribution in [2.24, 2.45) is 0 Å². The number of rotatable bonds is 3. The van der Waals surface area contributed by atoms with Crippen molar-refractivity contribution < 1.29 is 9.53 Å². The molecule has 0 aromatic heterocycles. The van der Waals surface area contributed by atoms with E-state index in [-0.39, 0.29) is 11.2 Å². The van der Waals surface area contributed by atoms with Gasteiger partial charge in [-0.3, -0.25) is 4.79 Å². The molecular formula is C13H18ClNO2S. The summed E-state index contributed by atoms with van der Waals surface area (Å²) in [6.45, 7) is 7.33. The molecular weight excluding hydrogens is 270 g/mol. The van der Waals surface area contributed by atoms with Gasteiger partial charge in [0.05, 0.1) is 5.02 Å². The van der Waals surface area contributed by atoms with Crippen LogP contribution >= 0.6 is 23.4 Å². The number of hydrogen-bond donors (Lipinski definition) is 1. The SMILES string of the molecule is CC(Sc1ccc(N)cc1Cl)C(=O)OC(C)(C)C. The molecule has 1 unspecified atom stereocenters. The van der Waals surface area contributed by atoms with Gasteiger partial charge in [0.25, 0.3) is 0 Å². The molecule has 0 amide bonds. The summed E-state index contributed by atoms with van der Waals surface area (Å²) in [4.78, 5) is 12.7. The van der Waals surface area contributed by atoms with Gasteiger partial charge in [-0.05, 0) is 45.9 Å². The fraction of sp³-hybridized carbons (Fsp3) is 0.462. The number of nitrogens with two attached hydrogens (primary N) is 1. The van der Waals surface area contributed by atoms with E-state index < -0.39 is 5.60 Å². The molecule has 0 radical (unpaired) electrons. The number of ether oxygens (including phenoxy) is 1. The van der Waals surface area contributed by atoms with E-state index in [1.54, 1.807) is 19.1 Å². The Labute approximate surface area is 117 Å². The lowest BCUT2D eigenvalue weighted by atomic mass is 10.2. The zero-order valence-corrected chi connectivity index (χ0v) is 12.6. The number of thioether (sulfide) groups is 1. The van der Waals surface area contributed by atoms with E-state index in [0.29, 0.717) is 10.7 Å². The first-order valence-electron chi connectivity index (χ1n) is 5.63. The maximum Gasteiger partial charge on any atom is 0.319 e. The van der Waals surface area contributed by atoms with Crippen molar-refractivity contribution >= 4 is 35.0 Å². The Morgan fingerprint density at radius 1 is 1.44 bits per heavy atom. The third-order valence-corrected chi connectivity index (χ3v) is 3.58. The van der Waals surface area contributed by atoms with Crippen LogP contribution in [0.5, 0.6) is 0 Å². The van der Waals surface area contributed by atoms with E-state index in [1.165, 1.54) is 11.8 Å². The van der Waals surface area contributed by atoms with Crippen molar-refractivity contribution in [3.05, 3.63) is 23.2 Å². The van der Waals surface area contributed by atoms with Crippen molar-refractivity contribution in [1.82, 2.24) is 0 Å². The van der Waals surface area contributed by atoms with Crippen LogP contribution in [0.4, 0.5) is 5.69 Å². The molecule has 0 saturated heterocycles. The lowest BCUT2D eigenvalue weighted by Gasteiger charge is -2.22. The molecule has 18 heavy (non-hydrogen) atoms. The molecule has 100 valence electrons. The van der Waals surface area contributed by atoms with Crippen molar-refractivity contribution in [3.8, 4) is 0 Å². The summed E-state index contributed by atoms with van der Waals surface area (Å²) in [5.41, 5.74) is 5.75. The van der Waals surface area contributed by atoms with E-state index in [1.807, 2.05) is 26.8 Å². The minimum Gasteiger partial charge on any atom is -0.459 e. The van der Waals surface area contributed by atoms with Gasteiger partial charge in [-0.25, -0.2) is 0 Å². The maximum atomic E-state index is 11.8. The minimum absolute atomic E-state index is 0.250. The average Bonchev–Trinajstić information content (AvgIpc) is 2.19. The van der Waals surface area contributed by atoms with Crippen molar-refractivity contribution in [1.29, 1.82) is 0 Å². The zero-order valence-electron chi connectivity index (χ0n) is 11.0. The van der Waals surface area contributed by atoms with Crippen LogP contribution in [0.2, 0.25) is 5.02 Å². The molecule has 1 rings (SSSR count). The Hall–Kier alpha value is -0.870. The summed E-state index contributed by atoms with van der Waals surface area (Å²) < 4.78 is 5.31. The second-order valence-electron chi connectivity index (χ2n) is 4.98. The highest BCUT2D eigenvalue weighted by Gasteiger charge is 2.23. The van der Waals surface area contributed by atoms with Crippen LogP contribution in [-0.2, 0) is 9.53 Å². The summed E-state index contributed by atoms with van der Waals surface area (Å²) in [6.07, 6.45) is 0. The molecule has 5 heteroatoms. The van der Waals surface area contributed by atoms with Gasteiger partial charge in [0.1, 0.15) is 10.9 Å². The lowest BCUT2D eigenvalue weighted by Crippen LogP contribution is -2.28. The number of carbonyl (C=O) groups excluding carboxylic acids is 1. The topological polar surface area (TPSA) is 52.3 Å². The van der Waals surface area contributed by atoms with E-state index in [4.69, 9.17) is 22.1 Å². The van der Waals surface area contributed by atoms with Gasteiger partial charge < -0.3 is 10.5 Å². The maximum absolute atomic E-state index is 11.8. The molecule has 0 bridgehead atoms. The molecule has 0 aliphatic carbocycles. The predicted octanol–water partition coefficient (Wildman–Crippen LogP) is 3.74. The molecule has 1 aromatic carbocycles. The van der Waals surface area contributed by atoms with Crippen LogP contribution in [0, 0.1) is 0 Å². The largest absolute Gasteiger partial charge is 0.459 e. The van der Waals surface area contributed by atoms with E-state index in [9.17, 15) is 4.79 Å². The van der Waals surface area contributed by atoms with Crippen LogP contribution in [0.25, 0.3) is 0 Å². The van der Waals surface area contributed by atoms with Gasteiger partial charge in [0.15, 0.2) is 0 Å². The number of anilines is 1. The van der Waals surface area contributed by atoms with Crippen LogP contribution in [-0.4, -0.2) is 16.8 Å². The Morgan fingerprint density at radius 2 is 2.06 bits per heavy atom. The molecule has 1 atom stereocenters. The molecule has 0 heterocycles. The van der Waals surface area contributed by atoms with Crippen LogP contribution in [0.3, 0.4) is 0 Å². The molecule has 2 N–H and O–H groups in total. The summed E-state index contributed by atoms with van der Waals surface area (Å²) in [6, 6.07) is 5.24. The predicted molar refractivity (Wildman–Crippen MR) is 77.0 cm³/mol. The lowest BCUT2D eigenvalue weighted by molar-refractivity contribution is -0.153. The highest BCUT2D eigenvalue weighted by molar-refractivity contribution is 8.00. The summed E-state index contributed by atoms with van der Waals surface area (Å²) in [5, 5.41) is 0.237. The quantitative estimate of drug-likeness (QED) is 0.523. The standard InChI is InChI=1S/C13H18ClNO2S/c1-8(12(16)17-13(2,3)4)18-11-6-5-9(15)7-10(11)14/h5-8H,15H2,1-4H3. The third kappa shape index (κ3) is 4.78. The Bertz CT molecular complexity index is 443. The zero-order chi connectivity index (χ0) is 13.9. The molecule has 0 spiro atoms. The van der Waals surface area contributed by atoms with Gasteiger partial charge in [-0.15, -0.1) is 11.8 Å². The number of nitrogen functional groups attached to an aromatic ring is 1. The van der Waals surface area contributed by atoms with Gasteiger partial charge in [0.2, 0.25) is 0 Å². The second kappa shape index (κ2) is 5.85. The molecule has 0 aliphatic rings. The number of esters is 1. The highest BCUT2D eigenvalue weighted by Crippen LogP contribution is 2.32. The molecule has 3 nitrogen and oxygen atoms in total.